The fraction of sp³-hybridized carbons (Fsp3) is 0.294. The molecule has 0 saturated carbocycles. The lowest BCUT2D eigenvalue weighted by Crippen LogP contribution is -2.39. The van der Waals surface area contributed by atoms with Gasteiger partial charge in [0.25, 0.3) is 0 Å². The van der Waals surface area contributed by atoms with Crippen LogP contribution in [0.5, 0.6) is 0 Å². The number of para-hydroxylation sites is 2. The average Bonchev–Trinajstić information content (AvgIpc) is 2.77. The second-order valence-corrected chi connectivity index (χ2v) is 7.42. The van der Waals surface area contributed by atoms with Crippen LogP contribution in [0.3, 0.4) is 0 Å². The third kappa shape index (κ3) is 2.68. The van der Waals surface area contributed by atoms with Crippen molar-refractivity contribution >= 4 is 21.6 Å². The van der Waals surface area contributed by atoms with Gasteiger partial charge in [-0.15, -0.1) is 0 Å². The van der Waals surface area contributed by atoms with Crippen molar-refractivity contribution in [2.75, 3.05) is 29.3 Å². The fourth-order valence-electron chi connectivity index (χ4n) is 3.00. The number of hydrogen-bond donors (Lipinski definition) is 1. The van der Waals surface area contributed by atoms with Gasteiger partial charge in [0.15, 0.2) is 0 Å². The predicted octanol–water partition coefficient (Wildman–Crippen LogP) is 2.54. The largest absolute Gasteiger partial charge is 0.326 e. The highest BCUT2D eigenvalue weighted by molar-refractivity contribution is 7.94. The average molecular weight is 331 g/mol. The summed E-state index contributed by atoms with van der Waals surface area (Å²) in [5.41, 5.74) is 2.45. The molecule has 0 radical (unpaired) electrons. The van der Waals surface area contributed by atoms with Crippen molar-refractivity contribution in [3.63, 3.8) is 0 Å². The van der Waals surface area contributed by atoms with E-state index < -0.39 is 10.2 Å². The minimum Gasteiger partial charge on any atom is -0.320 e. The molecule has 3 rings (SSSR count). The Hall–Kier alpha value is -2.05. The third-order valence-electron chi connectivity index (χ3n) is 4.19. The third-order valence-corrected chi connectivity index (χ3v) is 6.03. The van der Waals surface area contributed by atoms with E-state index in [1.807, 2.05) is 61.6 Å². The molecule has 2 aromatic rings. The summed E-state index contributed by atoms with van der Waals surface area (Å²) in [6.45, 7) is 0.734. The molecule has 0 aromatic heterocycles. The summed E-state index contributed by atoms with van der Waals surface area (Å²) < 4.78 is 28.8. The molecule has 0 saturated heterocycles. The maximum absolute atomic E-state index is 13.0. The van der Waals surface area contributed by atoms with Gasteiger partial charge in [0, 0.05) is 7.05 Å². The maximum Gasteiger partial charge on any atom is 0.326 e. The Morgan fingerprint density at radius 2 is 1.61 bits per heavy atom. The molecule has 122 valence electrons. The zero-order valence-electron chi connectivity index (χ0n) is 13.3. The van der Waals surface area contributed by atoms with Gasteiger partial charge in [-0.3, -0.25) is 4.31 Å². The van der Waals surface area contributed by atoms with Crippen LogP contribution in [0.25, 0.3) is 0 Å². The number of benzene rings is 2. The van der Waals surface area contributed by atoms with Gasteiger partial charge in [-0.25, -0.2) is 4.31 Å². The monoisotopic (exact) mass is 331 g/mol. The molecule has 0 amide bonds. The van der Waals surface area contributed by atoms with Crippen molar-refractivity contribution in [2.45, 2.75) is 12.5 Å². The van der Waals surface area contributed by atoms with Gasteiger partial charge in [0.05, 0.1) is 17.4 Å². The Bertz CT molecular complexity index is 777. The lowest BCUT2D eigenvalue weighted by Gasteiger charge is -2.29. The predicted molar refractivity (Wildman–Crippen MR) is 94.0 cm³/mol. The van der Waals surface area contributed by atoms with E-state index in [0.29, 0.717) is 6.42 Å². The molecular weight excluding hydrogens is 310 g/mol. The van der Waals surface area contributed by atoms with Crippen molar-refractivity contribution in [2.24, 2.45) is 0 Å². The molecule has 0 bridgehead atoms. The smallest absolute Gasteiger partial charge is 0.320 e. The van der Waals surface area contributed by atoms with Crippen molar-refractivity contribution in [1.29, 1.82) is 0 Å². The van der Waals surface area contributed by atoms with Gasteiger partial charge in [0.2, 0.25) is 0 Å². The number of hydrogen-bond acceptors (Lipinski definition) is 3. The zero-order chi connectivity index (χ0) is 16.4. The van der Waals surface area contributed by atoms with Gasteiger partial charge in [0.1, 0.15) is 0 Å². The summed E-state index contributed by atoms with van der Waals surface area (Å²) in [6, 6.07) is 17.0. The Labute approximate surface area is 137 Å². The van der Waals surface area contributed by atoms with Crippen LogP contribution in [-0.2, 0) is 10.2 Å². The Morgan fingerprint density at radius 1 is 1.00 bits per heavy atom. The van der Waals surface area contributed by atoms with Crippen LogP contribution in [-0.4, -0.2) is 29.1 Å². The first kappa shape index (κ1) is 15.8. The van der Waals surface area contributed by atoms with Crippen molar-refractivity contribution in [3.05, 3.63) is 60.2 Å². The normalized spacial score (nSPS) is 17.1. The van der Waals surface area contributed by atoms with E-state index in [2.05, 4.69) is 5.32 Å². The quantitative estimate of drug-likeness (QED) is 0.916. The van der Waals surface area contributed by atoms with Crippen LogP contribution in [0, 0.1) is 0 Å². The molecule has 0 aliphatic carbocycles. The Kier molecular flexibility index (Phi) is 4.28. The maximum atomic E-state index is 13.0. The number of fused-ring (bicyclic) bond motifs is 1. The van der Waals surface area contributed by atoms with E-state index in [4.69, 9.17) is 0 Å². The molecule has 1 heterocycles. The summed E-state index contributed by atoms with van der Waals surface area (Å²) in [5.74, 6) is 0. The van der Waals surface area contributed by atoms with Crippen LogP contribution in [0.1, 0.15) is 18.0 Å². The Morgan fingerprint density at radius 3 is 2.26 bits per heavy atom. The van der Waals surface area contributed by atoms with Crippen molar-refractivity contribution < 1.29 is 8.42 Å². The van der Waals surface area contributed by atoms with E-state index in [1.165, 1.54) is 4.31 Å². The summed E-state index contributed by atoms with van der Waals surface area (Å²) in [6.07, 6.45) is 0.696. The highest BCUT2D eigenvalue weighted by atomic mass is 32.2. The molecule has 23 heavy (non-hydrogen) atoms. The number of nitrogens with one attached hydrogen (secondary N) is 1. The highest BCUT2D eigenvalue weighted by Gasteiger charge is 2.42. The summed E-state index contributed by atoms with van der Waals surface area (Å²) in [4.78, 5) is 0. The molecule has 0 unspecified atom stereocenters. The molecule has 1 atom stereocenters. The van der Waals surface area contributed by atoms with E-state index in [1.54, 1.807) is 11.4 Å². The van der Waals surface area contributed by atoms with Gasteiger partial charge in [-0.1, -0.05) is 42.5 Å². The van der Waals surface area contributed by atoms with Gasteiger partial charge < -0.3 is 5.32 Å². The molecule has 0 fully saturated rings. The number of rotatable bonds is 5. The van der Waals surface area contributed by atoms with Crippen LogP contribution in [0.15, 0.2) is 54.6 Å². The van der Waals surface area contributed by atoms with Gasteiger partial charge in [-0.2, -0.15) is 8.42 Å². The molecule has 1 aliphatic heterocycles. The number of anilines is 2. The fourth-order valence-corrected chi connectivity index (χ4v) is 4.62. The molecule has 2 aromatic carbocycles. The molecule has 1 N–H and O–H groups in total. The topological polar surface area (TPSA) is 52.6 Å². The molecule has 6 heteroatoms. The second kappa shape index (κ2) is 6.22. The summed E-state index contributed by atoms with van der Waals surface area (Å²) in [5, 5.41) is 3.12. The van der Waals surface area contributed by atoms with Crippen LogP contribution in [0.2, 0.25) is 0 Å². The molecular formula is C17H21N3O2S. The lowest BCUT2D eigenvalue weighted by atomic mass is 10.0. The Balaban J connectivity index is 2.11. The lowest BCUT2D eigenvalue weighted by molar-refractivity contribution is 0.564. The zero-order valence-corrected chi connectivity index (χ0v) is 14.1. The summed E-state index contributed by atoms with van der Waals surface area (Å²) in [7, 11) is -0.0828. The first-order chi connectivity index (χ1) is 11.1. The van der Waals surface area contributed by atoms with E-state index in [9.17, 15) is 8.42 Å². The van der Waals surface area contributed by atoms with E-state index >= 15 is 0 Å². The van der Waals surface area contributed by atoms with Crippen molar-refractivity contribution in [1.82, 2.24) is 5.32 Å². The molecule has 0 spiro atoms. The van der Waals surface area contributed by atoms with Crippen LogP contribution < -0.4 is 13.9 Å². The number of nitrogens with zero attached hydrogens (tertiary/aromatic N) is 2. The van der Waals surface area contributed by atoms with E-state index in [-0.39, 0.29) is 6.04 Å². The van der Waals surface area contributed by atoms with Crippen molar-refractivity contribution in [3.8, 4) is 0 Å². The minimum absolute atomic E-state index is 0.236. The molecule has 1 aliphatic rings. The van der Waals surface area contributed by atoms with Gasteiger partial charge in [-0.05, 0) is 37.7 Å². The minimum atomic E-state index is -3.56. The highest BCUT2D eigenvalue weighted by Crippen LogP contribution is 2.45. The van der Waals surface area contributed by atoms with Crippen LogP contribution >= 0.6 is 0 Å². The van der Waals surface area contributed by atoms with Gasteiger partial charge >= 0.3 is 10.2 Å². The summed E-state index contributed by atoms with van der Waals surface area (Å²) >= 11 is 0. The van der Waals surface area contributed by atoms with E-state index in [0.717, 1.165) is 23.5 Å². The second-order valence-electron chi connectivity index (χ2n) is 5.58. The molecule has 5 nitrogen and oxygen atoms in total. The first-order valence-corrected chi connectivity index (χ1v) is 9.04. The van der Waals surface area contributed by atoms with Crippen LogP contribution in [0.4, 0.5) is 11.4 Å². The first-order valence-electron chi connectivity index (χ1n) is 7.64. The standard InChI is InChI=1S/C17H21N3O2S/c1-18-13-12-15(14-8-4-3-5-9-14)20-17-11-7-6-10-16(17)19(2)23(20,21)22/h3-11,15,18H,12-13H2,1-2H3/t15-/m1/s1. The SMILES string of the molecule is CNCC[C@H](c1ccccc1)N1c2ccccc2N(C)S1(=O)=O.